The molecular formula is C25H24N2O5S. The van der Waals surface area contributed by atoms with E-state index in [1.165, 1.54) is 24.4 Å². The van der Waals surface area contributed by atoms with Crippen LogP contribution in [0.2, 0.25) is 0 Å². The van der Waals surface area contributed by atoms with Crippen molar-refractivity contribution in [2.75, 3.05) is 6.61 Å². The fourth-order valence-corrected chi connectivity index (χ4v) is 3.84. The van der Waals surface area contributed by atoms with E-state index in [0.717, 1.165) is 11.1 Å². The summed E-state index contributed by atoms with van der Waals surface area (Å²) in [6.07, 6.45) is 3.13. The molecule has 3 rings (SSSR count). The maximum atomic E-state index is 12.6. The van der Waals surface area contributed by atoms with Crippen molar-refractivity contribution in [2.45, 2.75) is 18.2 Å². The summed E-state index contributed by atoms with van der Waals surface area (Å²) in [4.78, 5) is 12.6. The predicted octanol–water partition coefficient (Wildman–Crippen LogP) is 3.68. The molecule has 3 aromatic rings. The van der Waals surface area contributed by atoms with Crippen LogP contribution in [-0.4, -0.2) is 32.3 Å². The van der Waals surface area contributed by atoms with Crippen molar-refractivity contribution in [2.24, 2.45) is 5.10 Å². The Labute approximate surface area is 193 Å². The molecule has 0 saturated heterocycles. The number of aliphatic hydroxyl groups is 1. The standard InChI is InChI=1S/C25H24N2O5S/c1-19-11-13-23(14-12-19)33(30,31)32-24-10-6-5-9-22(24)18-26-27-25(29)21(15-16-28)17-20-7-3-2-4-8-20/h2-14,17-18,28H,15-16H2,1H3,(H,27,29)/b21-17+,26-18+. The zero-order valence-corrected chi connectivity index (χ0v) is 18.8. The van der Waals surface area contributed by atoms with Crippen LogP contribution in [-0.2, 0) is 14.9 Å². The Kier molecular flexibility index (Phi) is 8.12. The van der Waals surface area contributed by atoms with E-state index in [2.05, 4.69) is 10.5 Å². The molecule has 0 aromatic heterocycles. The number of carbonyl (C=O) groups excluding carboxylic acids is 1. The van der Waals surface area contributed by atoms with Gasteiger partial charge in [0.1, 0.15) is 4.90 Å². The van der Waals surface area contributed by atoms with Gasteiger partial charge in [-0.2, -0.15) is 13.5 Å². The third kappa shape index (κ3) is 6.86. The average Bonchev–Trinajstić information content (AvgIpc) is 2.80. The van der Waals surface area contributed by atoms with Crippen molar-refractivity contribution in [3.63, 3.8) is 0 Å². The van der Waals surface area contributed by atoms with Gasteiger partial charge in [0.05, 0.1) is 6.21 Å². The molecule has 0 atom stereocenters. The van der Waals surface area contributed by atoms with Crippen LogP contribution in [0.4, 0.5) is 0 Å². The minimum absolute atomic E-state index is 0.0350. The first kappa shape index (κ1) is 23.9. The van der Waals surface area contributed by atoms with Crippen LogP contribution in [0.25, 0.3) is 6.08 Å². The van der Waals surface area contributed by atoms with Gasteiger partial charge in [-0.05, 0) is 42.8 Å². The van der Waals surface area contributed by atoms with E-state index in [1.807, 2.05) is 37.3 Å². The summed E-state index contributed by atoms with van der Waals surface area (Å²) in [6, 6.07) is 22.0. The van der Waals surface area contributed by atoms with Gasteiger partial charge in [-0.25, -0.2) is 5.43 Å². The Balaban J connectivity index is 1.74. The highest BCUT2D eigenvalue weighted by Gasteiger charge is 2.18. The molecule has 8 heteroatoms. The molecule has 0 aliphatic carbocycles. The van der Waals surface area contributed by atoms with Crippen LogP contribution in [0.5, 0.6) is 5.75 Å². The van der Waals surface area contributed by atoms with E-state index in [4.69, 9.17) is 4.18 Å². The maximum Gasteiger partial charge on any atom is 0.339 e. The minimum atomic E-state index is -4.04. The number of nitrogens with one attached hydrogen (secondary N) is 1. The quantitative estimate of drug-likeness (QED) is 0.218. The molecule has 0 heterocycles. The highest BCUT2D eigenvalue weighted by molar-refractivity contribution is 7.87. The van der Waals surface area contributed by atoms with Gasteiger partial charge in [-0.3, -0.25) is 4.79 Å². The number of amides is 1. The van der Waals surface area contributed by atoms with E-state index in [0.29, 0.717) is 11.1 Å². The normalized spacial score (nSPS) is 12.0. The molecule has 3 aromatic carbocycles. The number of hydrazone groups is 1. The molecule has 0 saturated carbocycles. The van der Waals surface area contributed by atoms with Crippen LogP contribution in [0.1, 0.15) is 23.1 Å². The van der Waals surface area contributed by atoms with Gasteiger partial charge in [0.25, 0.3) is 5.91 Å². The number of aryl methyl sites for hydroxylation is 1. The summed E-state index contributed by atoms with van der Waals surface area (Å²) >= 11 is 0. The van der Waals surface area contributed by atoms with E-state index < -0.39 is 16.0 Å². The third-order valence-corrected chi connectivity index (χ3v) is 5.86. The fraction of sp³-hybridized carbons (Fsp3) is 0.120. The molecule has 33 heavy (non-hydrogen) atoms. The van der Waals surface area contributed by atoms with Crippen molar-refractivity contribution in [1.29, 1.82) is 0 Å². The number of para-hydroxylation sites is 1. The second-order valence-corrected chi connectivity index (χ2v) is 8.69. The lowest BCUT2D eigenvalue weighted by atomic mass is 10.1. The molecule has 170 valence electrons. The van der Waals surface area contributed by atoms with Crippen molar-refractivity contribution in [3.05, 3.63) is 101 Å². The van der Waals surface area contributed by atoms with Crippen molar-refractivity contribution < 1.29 is 22.5 Å². The van der Waals surface area contributed by atoms with Gasteiger partial charge < -0.3 is 9.29 Å². The molecule has 0 radical (unpaired) electrons. The van der Waals surface area contributed by atoms with Gasteiger partial charge in [-0.1, -0.05) is 60.2 Å². The first-order valence-corrected chi connectivity index (χ1v) is 11.6. The van der Waals surface area contributed by atoms with E-state index in [9.17, 15) is 18.3 Å². The van der Waals surface area contributed by atoms with Gasteiger partial charge in [0.2, 0.25) is 0 Å². The molecule has 1 amide bonds. The first-order chi connectivity index (χ1) is 15.9. The smallest absolute Gasteiger partial charge is 0.339 e. The highest BCUT2D eigenvalue weighted by Crippen LogP contribution is 2.22. The van der Waals surface area contributed by atoms with Crippen molar-refractivity contribution in [3.8, 4) is 5.75 Å². The molecule has 0 aliphatic rings. The number of carbonyl (C=O) groups is 1. The Bertz CT molecular complexity index is 1250. The summed E-state index contributed by atoms with van der Waals surface area (Å²) in [5.41, 5.74) is 4.88. The van der Waals surface area contributed by atoms with Crippen LogP contribution in [0, 0.1) is 6.92 Å². The van der Waals surface area contributed by atoms with E-state index >= 15 is 0 Å². The van der Waals surface area contributed by atoms with Gasteiger partial charge in [0.15, 0.2) is 5.75 Å². The highest BCUT2D eigenvalue weighted by atomic mass is 32.2. The molecule has 0 fully saturated rings. The average molecular weight is 465 g/mol. The molecule has 0 unspecified atom stereocenters. The predicted molar refractivity (Wildman–Crippen MR) is 127 cm³/mol. The van der Waals surface area contributed by atoms with Crippen LogP contribution >= 0.6 is 0 Å². The molecule has 0 aliphatic heterocycles. The Morgan fingerprint density at radius 3 is 2.36 bits per heavy atom. The third-order valence-electron chi connectivity index (χ3n) is 4.61. The lowest BCUT2D eigenvalue weighted by molar-refractivity contribution is -0.117. The minimum Gasteiger partial charge on any atom is -0.396 e. The molecule has 7 nitrogen and oxygen atoms in total. The molecule has 0 bridgehead atoms. The lowest BCUT2D eigenvalue weighted by Gasteiger charge is -2.09. The number of rotatable bonds is 9. The summed E-state index contributed by atoms with van der Waals surface area (Å²) in [7, 11) is -4.04. The summed E-state index contributed by atoms with van der Waals surface area (Å²) < 4.78 is 30.5. The number of hydrogen-bond acceptors (Lipinski definition) is 6. The second kappa shape index (κ2) is 11.2. The van der Waals surface area contributed by atoms with Crippen molar-refractivity contribution in [1.82, 2.24) is 5.43 Å². The zero-order chi connectivity index (χ0) is 23.7. The topological polar surface area (TPSA) is 105 Å². The Morgan fingerprint density at radius 2 is 1.67 bits per heavy atom. The number of aliphatic hydroxyl groups excluding tert-OH is 1. The molecular weight excluding hydrogens is 440 g/mol. The SMILES string of the molecule is Cc1ccc(S(=O)(=O)Oc2ccccc2/C=N/NC(=O)/C(=C/c2ccccc2)CCO)cc1. The monoisotopic (exact) mass is 464 g/mol. The van der Waals surface area contributed by atoms with E-state index in [-0.39, 0.29) is 23.7 Å². The zero-order valence-electron chi connectivity index (χ0n) is 18.0. The van der Waals surface area contributed by atoms with Crippen LogP contribution in [0.15, 0.2) is 94.4 Å². The molecule has 2 N–H and O–H groups in total. The maximum absolute atomic E-state index is 12.6. The second-order valence-electron chi connectivity index (χ2n) is 7.14. The van der Waals surface area contributed by atoms with Gasteiger partial charge >= 0.3 is 10.1 Å². The Hall–Kier alpha value is -3.75. The lowest BCUT2D eigenvalue weighted by Crippen LogP contribution is -2.20. The summed E-state index contributed by atoms with van der Waals surface area (Å²) in [5.74, 6) is -0.402. The number of nitrogens with zero attached hydrogens (tertiary/aromatic N) is 1. The first-order valence-electron chi connectivity index (χ1n) is 10.2. The number of hydrogen-bond donors (Lipinski definition) is 2. The summed E-state index contributed by atoms with van der Waals surface area (Å²) in [5, 5.41) is 13.2. The van der Waals surface area contributed by atoms with Crippen molar-refractivity contribution >= 4 is 28.3 Å². The Morgan fingerprint density at radius 1 is 1.00 bits per heavy atom. The van der Waals surface area contributed by atoms with E-state index in [1.54, 1.807) is 36.4 Å². The molecule has 0 spiro atoms. The number of benzene rings is 3. The fourth-order valence-electron chi connectivity index (χ4n) is 2.89. The largest absolute Gasteiger partial charge is 0.396 e. The van der Waals surface area contributed by atoms with Crippen LogP contribution < -0.4 is 9.61 Å². The summed E-state index contributed by atoms with van der Waals surface area (Å²) in [6.45, 7) is 1.67. The van der Waals surface area contributed by atoms with Gasteiger partial charge in [0, 0.05) is 24.2 Å². The van der Waals surface area contributed by atoms with Gasteiger partial charge in [-0.15, -0.1) is 0 Å². The van der Waals surface area contributed by atoms with Crippen LogP contribution in [0.3, 0.4) is 0 Å².